The van der Waals surface area contributed by atoms with Gasteiger partial charge in [-0.2, -0.15) is 18.7 Å². The lowest BCUT2D eigenvalue weighted by Gasteiger charge is -2.14. The van der Waals surface area contributed by atoms with Crippen LogP contribution in [-0.2, 0) is 11.0 Å². The molecule has 4 aromatic rings. The lowest BCUT2D eigenvalue weighted by atomic mass is 10.2. The van der Waals surface area contributed by atoms with Crippen LogP contribution >= 0.6 is 11.6 Å². The normalized spacial score (nSPS) is 13.9. The molecule has 41 heavy (non-hydrogen) atoms. The Balaban J connectivity index is 1.25. The van der Waals surface area contributed by atoms with Crippen LogP contribution in [0.2, 0.25) is 5.02 Å². The number of benzene rings is 2. The first-order valence-electron chi connectivity index (χ1n) is 12.9. The van der Waals surface area contributed by atoms with Crippen molar-refractivity contribution >= 4 is 45.9 Å². The summed E-state index contributed by atoms with van der Waals surface area (Å²) < 4.78 is 41.1. The van der Waals surface area contributed by atoms with Gasteiger partial charge in [0, 0.05) is 47.9 Å². The molecule has 0 unspecified atom stereocenters. The van der Waals surface area contributed by atoms with Gasteiger partial charge in [0.2, 0.25) is 0 Å². The molecule has 2 amide bonds. The van der Waals surface area contributed by atoms with Crippen molar-refractivity contribution in [3.63, 3.8) is 0 Å². The molecule has 3 N–H and O–H groups in total. The van der Waals surface area contributed by atoms with Crippen LogP contribution in [0.4, 0.5) is 29.3 Å². The smallest absolute Gasteiger partial charge is 0.367 e. The fourth-order valence-corrected chi connectivity index (χ4v) is 4.88. The number of likely N-dealkylation sites (tertiary alicyclic amines) is 1. The third kappa shape index (κ3) is 6.79. The summed E-state index contributed by atoms with van der Waals surface area (Å²) in [4.78, 5) is 37.1. The molecule has 214 valence electrons. The van der Waals surface area contributed by atoms with Gasteiger partial charge in [0.05, 0.1) is 27.9 Å². The molecule has 0 aliphatic carbocycles. The highest BCUT2D eigenvalue weighted by Crippen LogP contribution is 2.36. The van der Waals surface area contributed by atoms with Gasteiger partial charge in [-0.05, 0) is 74.5 Å². The van der Waals surface area contributed by atoms with Gasteiger partial charge < -0.3 is 24.9 Å². The SMILES string of the molecule is O=C(Nc1ccc(-n2cc(C(=O)ONCCN3CCCC3)c3ccncc32)cc1)Nc1ccc(Cl)c(C(F)(F)F)c1. The molecular weight excluding hydrogens is 561 g/mol. The zero-order chi connectivity index (χ0) is 29.0. The minimum atomic E-state index is -4.65. The van der Waals surface area contributed by atoms with E-state index >= 15 is 0 Å². The Morgan fingerprint density at radius 3 is 2.44 bits per heavy atom. The molecule has 2 aromatic carbocycles. The van der Waals surface area contributed by atoms with Crippen LogP contribution in [0.3, 0.4) is 0 Å². The molecular formula is C28H26ClF3N6O3. The molecule has 9 nitrogen and oxygen atoms in total. The summed E-state index contributed by atoms with van der Waals surface area (Å²) in [5.41, 5.74) is 3.77. The predicted octanol–water partition coefficient (Wildman–Crippen LogP) is 6.10. The number of pyridine rings is 1. The maximum Gasteiger partial charge on any atom is 0.417 e. The molecule has 2 aromatic heterocycles. The number of hydrogen-bond acceptors (Lipinski definition) is 6. The lowest BCUT2D eigenvalue weighted by Crippen LogP contribution is -2.31. The number of aromatic nitrogens is 2. The highest BCUT2D eigenvalue weighted by atomic mass is 35.5. The molecule has 1 aliphatic rings. The topological polar surface area (TPSA) is 101 Å². The standard InChI is InChI=1S/C28H26ClF3N6O3/c29-24-8-5-19(15-23(24)28(30,31)32)36-27(40)35-18-3-6-20(7-4-18)38-17-22(21-9-10-33-16-25(21)38)26(39)41-34-11-14-37-12-1-2-13-37/h3-10,15-17,34H,1-2,11-14H2,(H2,35,36,40). The van der Waals surface area contributed by atoms with Crippen molar-refractivity contribution in [2.75, 3.05) is 36.8 Å². The summed E-state index contributed by atoms with van der Waals surface area (Å²) in [6, 6.07) is 10.8. The Bertz CT molecular complexity index is 1550. The second kappa shape index (κ2) is 12.2. The monoisotopic (exact) mass is 586 g/mol. The number of nitrogens with one attached hydrogen (secondary N) is 3. The van der Waals surface area contributed by atoms with Gasteiger partial charge in [0.25, 0.3) is 0 Å². The molecule has 1 saturated heterocycles. The summed E-state index contributed by atoms with van der Waals surface area (Å²) >= 11 is 5.63. The molecule has 0 radical (unpaired) electrons. The number of hydroxylamine groups is 1. The Morgan fingerprint density at radius 1 is 1.00 bits per heavy atom. The van der Waals surface area contributed by atoms with Gasteiger partial charge in [-0.15, -0.1) is 0 Å². The lowest BCUT2D eigenvalue weighted by molar-refractivity contribution is -0.137. The number of nitrogens with zero attached hydrogens (tertiary/aromatic N) is 3. The van der Waals surface area contributed by atoms with E-state index in [0.717, 1.165) is 31.8 Å². The van der Waals surface area contributed by atoms with Crippen molar-refractivity contribution in [3.05, 3.63) is 83.3 Å². The van der Waals surface area contributed by atoms with E-state index in [4.69, 9.17) is 16.4 Å². The number of amides is 2. The van der Waals surface area contributed by atoms with Crippen molar-refractivity contribution in [3.8, 4) is 5.69 Å². The number of carbonyl (C=O) groups is 2. The quantitative estimate of drug-likeness (QED) is 0.170. The van der Waals surface area contributed by atoms with Crippen LogP contribution < -0.4 is 16.1 Å². The molecule has 13 heteroatoms. The number of hydrogen-bond donors (Lipinski definition) is 3. The first-order valence-corrected chi connectivity index (χ1v) is 13.2. The van der Waals surface area contributed by atoms with Crippen molar-refractivity contribution in [1.82, 2.24) is 19.9 Å². The van der Waals surface area contributed by atoms with Crippen LogP contribution in [0.1, 0.15) is 28.8 Å². The Morgan fingerprint density at radius 2 is 1.71 bits per heavy atom. The highest BCUT2D eigenvalue weighted by molar-refractivity contribution is 6.31. The van der Waals surface area contributed by atoms with Gasteiger partial charge in [0.1, 0.15) is 0 Å². The van der Waals surface area contributed by atoms with Crippen molar-refractivity contribution < 1.29 is 27.6 Å². The van der Waals surface area contributed by atoms with E-state index in [1.807, 2.05) is 0 Å². The average molecular weight is 587 g/mol. The third-order valence-corrected chi connectivity index (χ3v) is 6.98. The minimum absolute atomic E-state index is 0.0629. The van der Waals surface area contributed by atoms with Crippen molar-refractivity contribution in [2.24, 2.45) is 0 Å². The molecule has 0 saturated carbocycles. The molecule has 0 atom stereocenters. The van der Waals surface area contributed by atoms with Crippen molar-refractivity contribution in [2.45, 2.75) is 19.0 Å². The summed E-state index contributed by atoms with van der Waals surface area (Å²) in [5, 5.41) is 5.15. The number of urea groups is 1. The van der Waals surface area contributed by atoms with Crippen LogP contribution in [0.5, 0.6) is 0 Å². The van der Waals surface area contributed by atoms with Crippen LogP contribution in [0, 0.1) is 0 Å². The van der Waals surface area contributed by atoms with E-state index in [1.165, 1.54) is 18.9 Å². The zero-order valence-corrected chi connectivity index (χ0v) is 22.4. The maximum atomic E-state index is 13.1. The fraction of sp³-hybridized carbons (Fsp3) is 0.250. The second-order valence-electron chi connectivity index (χ2n) is 9.46. The first-order chi connectivity index (χ1) is 19.7. The number of halogens is 4. The van der Waals surface area contributed by atoms with Gasteiger partial charge in [-0.3, -0.25) is 4.98 Å². The molecule has 1 fully saturated rings. The third-order valence-electron chi connectivity index (χ3n) is 6.65. The Kier molecular flexibility index (Phi) is 8.43. The molecule has 0 spiro atoms. The van der Waals surface area contributed by atoms with Gasteiger partial charge >= 0.3 is 18.2 Å². The molecule has 0 bridgehead atoms. The highest BCUT2D eigenvalue weighted by Gasteiger charge is 2.33. The van der Waals surface area contributed by atoms with E-state index < -0.39 is 28.8 Å². The van der Waals surface area contributed by atoms with Gasteiger partial charge in [-0.25, -0.2) is 9.59 Å². The van der Waals surface area contributed by atoms with Crippen LogP contribution in [-0.4, -0.2) is 52.6 Å². The number of carbonyl (C=O) groups excluding carboxylic acids is 2. The van der Waals surface area contributed by atoms with Gasteiger partial charge in [0.15, 0.2) is 0 Å². The first kappa shape index (κ1) is 28.4. The Labute approximate surface area is 238 Å². The van der Waals surface area contributed by atoms with Crippen LogP contribution in [0.15, 0.2) is 67.1 Å². The fourth-order valence-electron chi connectivity index (χ4n) is 4.65. The van der Waals surface area contributed by atoms with E-state index in [0.29, 0.717) is 34.4 Å². The van der Waals surface area contributed by atoms with E-state index in [-0.39, 0.29) is 5.69 Å². The average Bonchev–Trinajstić information content (AvgIpc) is 3.60. The second-order valence-corrected chi connectivity index (χ2v) is 9.86. The molecule has 1 aliphatic heterocycles. The molecule has 3 heterocycles. The number of fused-ring (bicyclic) bond motifs is 1. The minimum Gasteiger partial charge on any atom is -0.367 e. The van der Waals surface area contributed by atoms with E-state index in [9.17, 15) is 22.8 Å². The number of alkyl halides is 3. The predicted molar refractivity (Wildman–Crippen MR) is 149 cm³/mol. The zero-order valence-electron chi connectivity index (χ0n) is 21.7. The summed E-state index contributed by atoms with van der Waals surface area (Å²) in [6.45, 7) is 3.43. The van der Waals surface area contributed by atoms with Crippen LogP contribution in [0.25, 0.3) is 16.6 Å². The summed E-state index contributed by atoms with van der Waals surface area (Å²) in [5.74, 6) is -0.521. The number of rotatable bonds is 8. The number of anilines is 2. The summed E-state index contributed by atoms with van der Waals surface area (Å²) in [7, 11) is 0. The maximum absolute atomic E-state index is 13.1. The van der Waals surface area contributed by atoms with Gasteiger partial charge in [-0.1, -0.05) is 11.6 Å². The van der Waals surface area contributed by atoms with Crippen molar-refractivity contribution in [1.29, 1.82) is 0 Å². The Hall–Kier alpha value is -4.13. The largest absolute Gasteiger partial charge is 0.417 e. The van der Waals surface area contributed by atoms with E-state index in [1.54, 1.807) is 53.5 Å². The summed E-state index contributed by atoms with van der Waals surface area (Å²) in [6.07, 6.45) is 2.60. The molecule has 5 rings (SSSR count). The van der Waals surface area contributed by atoms with E-state index in [2.05, 4.69) is 26.0 Å².